The normalized spacial score (nSPS) is 17.8. The third-order valence-corrected chi connectivity index (χ3v) is 3.66. The van der Waals surface area contributed by atoms with Gasteiger partial charge < -0.3 is 5.32 Å². The minimum Gasteiger partial charge on any atom is -0.382 e. The predicted molar refractivity (Wildman–Crippen MR) is 69.6 cm³/mol. The van der Waals surface area contributed by atoms with Gasteiger partial charge in [-0.2, -0.15) is 13.2 Å². The van der Waals surface area contributed by atoms with Crippen molar-refractivity contribution in [1.29, 1.82) is 0 Å². The van der Waals surface area contributed by atoms with E-state index in [1.165, 1.54) is 12.5 Å². The molecule has 1 saturated carbocycles. The van der Waals surface area contributed by atoms with Crippen LogP contribution in [-0.4, -0.2) is 6.04 Å². The van der Waals surface area contributed by atoms with E-state index in [1.807, 2.05) is 0 Å². The van der Waals surface area contributed by atoms with Gasteiger partial charge in [-0.15, -0.1) is 0 Å². The molecule has 0 saturated heterocycles. The molecule has 1 aliphatic carbocycles. The summed E-state index contributed by atoms with van der Waals surface area (Å²) >= 11 is 3.13. The van der Waals surface area contributed by atoms with Crippen molar-refractivity contribution in [3.8, 4) is 0 Å². The molecule has 0 aromatic heterocycles. The van der Waals surface area contributed by atoms with E-state index in [-0.39, 0.29) is 0 Å². The molecule has 0 amide bonds. The molecule has 5 heteroatoms. The number of rotatable bonds is 2. The lowest BCUT2D eigenvalue weighted by molar-refractivity contribution is -0.137. The van der Waals surface area contributed by atoms with Crippen LogP contribution in [0.3, 0.4) is 0 Å². The van der Waals surface area contributed by atoms with Gasteiger partial charge >= 0.3 is 6.18 Å². The molecule has 100 valence electrons. The summed E-state index contributed by atoms with van der Waals surface area (Å²) < 4.78 is 38.5. The van der Waals surface area contributed by atoms with Gasteiger partial charge in [0, 0.05) is 16.2 Å². The first kappa shape index (κ1) is 13.7. The molecule has 1 aromatic carbocycles. The van der Waals surface area contributed by atoms with E-state index in [0.29, 0.717) is 16.2 Å². The minimum atomic E-state index is -4.30. The van der Waals surface area contributed by atoms with Crippen molar-refractivity contribution in [2.24, 2.45) is 0 Å². The number of benzene rings is 1. The Balaban J connectivity index is 2.14. The van der Waals surface area contributed by atoms with Crippen LogP contribution < -0.4 is 5.32 Å². The van der Waals surface area contributed by atoms with Gasteiger partial charge in [0.05, 0.1) is 5.56 Å². The lowest BCUT2D eigenvalue weighted by Gasteiger charge is -2.24. The second-order valence-electron chi connectivity index (χ2n) is 4.71. The van der Waals surface area contributed by atoms with E-state index in [4.69, 9.17) is 0 Å². The summed E-state index contributed by atoms with van der Waals surface area (Å²) in [7, 11) is 0. The first-order valence-electron chi connectivity index (χ1n) is 6.09. The summed E-state index contributed by atoms with van der Waals surface area (Å²) in [6.45, 7) is 0. The predicted octanol–water partition coefficient (Wildman–Crippen LogP) is 5.21. The molecule has 0 heterocycles. The Morgan fingerprint density at radius 2 is 1.72 bits per heavy atom. The fourth-order valence-electron chi connectivity index (χ4n) is 2.32. The second kappa shape index (κ2) is 5.51. The lowest BCUT2D eigenvalue weighted by Crippen LogP contribution is -2.22. The number of alkyl halides is 3. The fraction of sp³-hybridized carbons (Fsp3) is 0.538. The van der Waals surface area contributed by atoms with E-state index >= 15 is 0 Å². The van der Waals surface area contributed by atoms with E-state index in [1.54, 1.807) is 6.07 Å². The molecule has 1 N–H and O–H groups in total. The Morgan fingerprint density at radius 3 is 2.33 bits per heavy atom. The Kier molecular flexibility index (Phi) is 4.20. The van der Waals surface area contributed by atoms with Gasteiger partial charge in [-0.05, 0) is 31.0 Å². The molecule has 0 spiro atoms. The zero-order valence-electron chi connectivity index (χ0n) is 9.86. The largest absolute Gasteiger partial charge is 0.416 e. The maximum atomic E-state index is 12.7. The first-order chi connectivity index (χ1) is 8.45. The van der Waals surface area contributed by atoms with Gasteiger partial charge in [0.1, 0.15) is 0 Å². The number of halogens is 4. The fourth-order valence-corrected chi connectivity index (χ4v) is 2.81. The van der Waals surface area contributed by atoms with E-state index < -0.39 is 11.7 Å². The van der Waals surface area contributed by atoms with Gasteiger partial charge in [0.15, 0.2) is 0 Å². The van der Waals surface area contributed by atoms with Crippen molar-refractivity contribution >= 4 is 21.6 Å². The number of hydrogen-bond acceptors (Lipinski definition) is 1. The summed E-state index contributed by atoms with van der Waals surface area (Å²) in [5, 5.41) is 3.20. The van der Waals surface area contributed by atoms with Crippen LogP contribution in [-0.2, 0) is 6.18 Å². The molecule has 1 fully saturated rings. The highest BCUT2D eigenvalue weighted by molar-refractivity contribution is 9.10. The van der Waals surface area contributed by atoms with Crippen LogP contribution in [0.4, 0.5) is 18.9 Å². The summed E-state index contributed by atoms with van der Waals surface area (Å²) in [5.74, 6) is 0. The molecule has 18 heavy (non-hydrogen) atoms. The quantitative estimate of drug-likeness (QED) is 0.788. The van der Waals surface area contributed by atoms with Gasteiger partial charge in [0.25, 0.3) is 0 Å². The van der Waals surface area contributed by atoms with Crippen molar-refractivity contribution in [2.45, 2.75) is 44.3 Å². The van der Waals surface area contributed by atoms with Crippen LogP contribution in [0.15, 0.2) is 22.7 Å². The van der Waals surface area contributed by atoms with E-state index in [2.05, 4.69) is 21.2 Å². The molecule has 1 aliphatic rings. The maximum Gasteiger partial charge on any atom is 0.416 e. The average Bonchev–Trinajstić information content (AvgIpc) is 2.28. The SMILES string of the molecule is FC(F)(F)c1cc(Br)cc(NC2CCCCC2)c1. The van der Waals surface area contributed by atoms with Crippen molar-refractivity contribution < 1.29 is 13.2 Å². The van der Waals surface area contributed by atoms with Crippen LogP contribution in [0, 0.1) is 0 Å². The third kappa shape index (κ3) is 3.64. The molecule has 0 bridgehead atoms. The topological polar surface area (TPSA) is 12.0 Å². The number of nitrogens with one attached hydrogen (secondary N) is 1. The first-order valence-corrected chi connectivity index (χ1v) is 6.89. The summed E-state index contributed by atoms with van der Waals surface area (Å²) in [5.41, 5.74) is -0.0706. The highest BCUT2D eigenvalue weighted by atomic mass is 79.9. The highest BCUT2D eigenvalue weighted by Gasteiger charge is 2.31. The van der Waals surface area contributed by atoms with Gasteiger partial charge in [-0.1, -0.05) is 35.2 Å². The number of anilines is 1. The van der Waals surface area contributed by atoms with Gasteiger partial charge in [-0.25, -0.2) is 0 Å². The summed E-state index contributed by atoms with van der Waals surface area (Å²) in [6, 6.07) is 4.28. The zero-order valence-corrected chi connectivity index (χ0v) is 11.4. The second-order valence-corrected chi connectivity index (χ2v) is 5.62. The molecule has 1 aromatic rings. The molecule has 0 atom stereocenters. The smallest absolute Gasteiger partial charge is 0.382 e. The zero-order chi connectivity index (χ0) is 13.2. The molecule has 1 nitrogen and oxygen atoms in total. The van der Waals surface area contributed by atoms with Crippen LogP contribution >= 0.6 is 15.9 Å². The van der Waals surface area contributed by atoms with Gasteiger partial charge in [0.2, 0.25) is 0 Å². The van der Waals surface area contributed by atoms with Crippen molar-refractivity contribution in [3.05, 3.63) is 28.2 Å². The monoisotopic (exact) mass is 321 g/mol. The minimum absolute atomic E-state index is 0.300. The standard InChI is InChI=1S/C13H15BrF3N/c14-10-6-9(13(15,16)17)7-12(8-10)18-11-4-2-1-3-5-11/h6-8,11,18H,1-5H2. The number of hydrogen-bond donors (Lipinski definition) is 1. The Hall–Kier alpha value is -0.710. The average molecular weight is 322 g/mol. The molecular formula is C13H15BrF3N. The van der Waals surface area contributed by atoms with Crippen molar-refractivity contribution in [1.82, 2.24) is 0 Å². The van der Waals surface area contributed by atoms with E-state index in [0.717, 1.165) is 31.7 Å². The highest BCUT2D eigenvalue weighted by Crippen LogP contribution is 2.34. The van der Waals surface area contributed by atoms with Crippen LogP contribution in [0.5, 0.6) is 0 Å². The summed E-state index contributed by atoms with van der Waals surface area (Å²) in [4.78, 5) is 0. The molecule has 0 radical (unpaired) electrons. The van der Waals surface area contributed by atoms with Crippen LogP contribution in [0.1, 0.15) is 37.7 Å². The van der Waals surface area contributed by atoms with Crippen molar-refractivity contribution in [3.63, 3.8) is 0 Å². The molecular weight excluding hydrogens is 307 g/mol. The molecule has 0 unspecified atom stereocenters. The Labute approximate surface area is 113 Å². The Morgan fingerprint density at radius 1 is 1.06 bits per heavy atom. The lowest BCUT2D eigenvalue weighted by atomic mass is 9.95. The van der Waals surface area contributed by atoms with Crippen LogP contribution in [0.25, 0.3) is 0 Å². The maximum absolute atomic E-state index is 12.7. The Bertz CT molecular complexity index is 411. The molecule has 2 rings (SSSR count). The van der Waals surface area contributed by atoms with E-state index in [9.17, 15) is 13.2 Å². The van der Waals surface area contributed by atoms with Crippen molar-refractivity contribution in [2.75, 3.05) is 5.32 Å². The summed E-state index contributed by atoms with van der Waals surface area (Å²) in [6.07, 6.45) is 1.30. The third-order valence-electron chi connectivity index (χ3n) is 3.20. The molecule has 0 aliphatic heterocycles. The van der Waals surface area contributed by atoms with Gasteiger partial charge in [-0.3, -0.25) is 0 Å². The van der Waals surface area contributed by atoms with Crippen LogP contribution in [0.2, 0.25) is 0 Å².